The highest BCUT2D eigenvalue weighted by Gasteiger charge is 2.47. The molecule has 0 spiro atoms. The molecule has 0 saturated carbocycles. The van der Waals surface area contributed by atoms with Gasteiger partial charge in [0.2, 0.25) is 0 Å². The molecule has 14 nitrogen and oxygen atoms in total. The van der Waals surface area contributed by atoms with E-state index in [1.54, 1.807) is 24.3 Å². The van der Waals surface area contributed by atoms with Crippen molar-refractivity contribution in [3.63, 3.8) is 0 Å². The number of hydrogen-bond donors (Lipinski definition) is 7. The number of benzene rings is 2. The van der Waals surface area contributed by atoms with E-state index in [-0.39, 0.29) is 40.4 Å². The van der Waals surface area contributed by atoms with E-state index >= 15 is 0 Å². The summed E-state index contributed by atoms with van der Waals surface area (Å²) in [5, 5.41) is 70.8. The standard InChI is InChI=1S/C28H32O14/c1-38-26-11(6-7-14-17(26)19(31)13-5-3-2-4-12(13)18(14)30)9-39-27-25(37)23(35)21(33)16(42-27)10-40-28-24(36)22(34)20(32)15(8-29)41-28/h2-7,15-16,20-25,27-29,32-37H,8-10H2,1H3. The fourth-order valence-corrected chi connectivity index (χ4v) is 5.30. The van der Waals surface area contributed by atoms with E-state index < -0.39 is 80.4 Å². The third kappa shape index (κ3) is 5.36. The van der Waals surface area contributed by atoms with E-state index in [9.17, 15) is 45.3 Å². The number of fused-ring (bicyclic) bond motifs is 2. The second kappa shape index (κ2) is 12.4. The molecule has 10 atom stereocenters. The average molecular weight is 593 g/mol. The molecular formula is C28H32O14. The Morgan fingerprint density at radius 3 is 1.88 bits per heavy atom. The summed E-state index contributed by atoms with van der Waals surface area (Å²) in [7, 11) is 1.33. The molecule has 228 valence electrons. The van der Waals surface area contributed by atoms with Crippen LogP contribution in [0, 0.1) is 0 Å². The van der Waals surface area contributed by atoms with Crippen LogP contribution >= 0.6 is 0 Å². The molecule has 10 unspecified atom stereocenters. The number of carbonyl (C=O) groups excluding carboxylic acids is 2. The van der Waals surface area contributed by atoms with E-state index in [4.69, 9.17) is 23.7 Å². The predicted octanol–water partition coefficient (Wildman–Crippen LogP) is -2.39. The van der Waals surface area contributed by atoms with Crippen molar-refractivity contribution < 1.29 is 69.0 Å². The van der Waals surface area contributed by atoms with Crippen LogP contribution in [0.4, 0.5) is 0 Å². The maximum absolute atomic E-state index is 13.3. The second-order valence-electron chi connectivity index (χ2n) is 10.2. The van der Waals surface area contributed by atoms with Crippen molar-refractivity contribution in [1.82, 2.24) is 0 Å². The summed E-state index contributed by atoms with van der Waals surface area (Å²) in [6.07, 6.45) is -15.7. The zero-order chi connectivity index (χ0) is 30.3. The summed E-state index contributed by atoms with van der Waals surface area (Å²) in [4.78, 5) is 26.3. The Morgan fingerprint density at radius 2 is 1.26 bits per heavy atom. The Kier molecular flexibility index (Phi) is 9.03. The Balaban J connectivity index is 1.29. The minimum atomic E-state index is -1.74. The van der Waals surface area contributed by atoms with Gasteiger partial charge < -0.3 is 59.4 Å². The van der Waals surface area contributed by atoms with Crippen molar-refractivity contribution in [3.8, 4) is 5.75 Å². The molecular weight excluding hydrogens is 560 g/mol. The molecule has 2 fully saturated rings. The summed E-state index contributed by atoms with van der Waals surface area (Å²) in [6.45, 7) is -1.50. The highest BCUT2D eigenvalue weighted by Crippen LogP contribution is 2.36. The molecule has 2 aromatic carbocycles. The van der Waals surface area contributed by atoms with Crippen LogP contribution in [-0.2, 0) is 25.6 Å². The van der Waals surface area contributed by atoms with Crippen LogP contribution < -0.4 is 4.74 Å². The van der Waals surface area contributed by atoms with Crippen molar-refractivity contribution in [3.05, 3.63) is 64.2 Å². The molecule has 0 bridgehead atoms. The van der Waals surface area contributed by atoms with Gasteiger partial charge in [-0.1, -0.05) is 30.3 Å². The second-order valence-corrected chi connectivity index (χ2v) is 10.2. The molecule has 2 heterocycles. The van der Waals surface area contributed by atoms with Crippen molar-refractivity contribution in [2.24, 2.45) is 0 Å². The molecule has 7 N–H and O–H groups in total. The van der Waals surface area contributed by atoms with E-state index in [1.807, 2.05) is 0 Å². The SMILES string of the molecule is COc1c(COC2OC(COC3OC(CO)C(O)C(O)C3O)C(O)C(O)C2O)ccc2c1C(=O)c1ccccc1C2=O. The predicted molar refractivity (Wildman–Crippen MR) is 137 cm³/mol. The highest BCUT2D eigenvalue weighted by molar-refractivity contribution is 6.29. The Labute approximate surface area is 239 Å². The van der Waals surface area contributed by atoms with Gasteiger partial charge in [-0.15, -0.1) is 0 Å². The van der Waals surface area contributed by atoms with Crippen molar-refractivity contribution >= 4 is 11.6 Å². The van der Waals surface area contributed by atoms with Gasteiger partial charge in [0.25, 0.3) is 0 Å². The fourth-order valence-electron chi connectivity index (χ4n) is 5.30. The zero-order valence-electron chi connectivity index (χ0n) is 22.3. The zero-order valence-corrected chi connectivity index (χ0v) is 22.3. The molecule has 1 aliphatic carbocycles. The largest absolute Gasteiger partial charge is 0.496 e. The molecule has 2 aromatic rings. The highest BCUT2D eigenvalue weighted by atomic mass is 16.7. The fraction of sp³-hybridized carbons (Fsp3) is 0.500. The first kappa shape index (κ1) is 30.6. The number of methoxy groups -OCH3 is 1. The Bertz CT molecular complexity index is 1310. The van der Waals surface area contributed by atoms with Gasteiger partial charge >= 0.3 is 0 Å². The van der Waals surface area contributed by atoms with Gasteiger partial charge in [-0.3, -0.25) is 9.59 Å². The third-order valence-electron chi connectivity index (χ3n) is 7.68. The minimum absolute atomic E-state index is 0.0636. The van der Waals surface area contributed by atoms with Crippen molar-refractivity contribution in [2.45, 2.75) is 68.0 Å². The summed E-state index contributed by atoms with van der Waals surface area (Å²) in [5.74, 6) is -0.651. The summed E-state index contributed by atoms with van der Waals surface area (Å²) >= 11 is 0. The van der Waals surface area contributed by atoms with Crippen LogP contribution in [0.1, 0.15) is 37.4 Å². The maximum atomic E-state index is 13.3. The van der Waals surface area contributed by atoms with Crippen LogP contribution in [0.25, 0.3) is 0 Å². The van der Waals surface area contributed by atoms with Gasteiger partial charge in [0.1, 0.15) is 54.6 Å². The maximum Gasteiger partial charge on any atom is 0.198 e. The average Bonchev–Trinajstić information content (AvgIpc) is 3.00. The van der Waals surface area contributed by atoms with E-state index in [0.29, 0.717) is 5.56 Å². The van der Waals surface area contributed by atoms with Crippen molar-refractivity contribution in [2.75, 3.05) is 20.3 Å². The molecule has 0 aromatic heterocycles. The molecule has 3 aliphatic rings. The summed E-state index contributed by atoms with van der Waals surface area (Å²) < 4.78 is 27.5. The molecule has 0 amide bonds. The van der Waals surface area contributed by atoms with Gasteiger partial charge in [0, 0.05) is 22.3 Å². The smallest absolute Gasteiger partial charge is 0.198 e. The normalized spacial score (nSPS) is 34.6. The lowest BCUT2D eigenvalue weighted by Crippen LogP contribution is -2.61. The first-order valence-corrected chi connectivity index (χ1v) is 13.2. The molecule has 5 rings (SSSR count). The molecule has 2 saturated heterocycles. The Morgan fingerprint density at radius 1 is 0.690 bits per heavy atom. The number of aliphatic hydroxyl groups excluding tert-OH is 7. The number of hydrogen-bond acceptors (Lipinski definition) is 14. The summed E-state index contributed by atoms with van der Waals surface area (Å²) in [6, 6.07) is 9.43. The molecule has 0 radical (unpaired) electrons. The van der Waals surface area contributed by atoms with Gasteiger partial charge in [-0.25, -0.2) is 0 Å². The minimum Gasteiger partial charge on any atom is -0.496 e. The van der Waals surface area contributed by atoms with E-state index in [0.717, 1.165) is 0 Å². The molecule has 14 heteroatoms. The first-order valence-electron chi connectivity index (χ1n) is 13.2. The number of rotatable bonds is 8. The number of carbonyl (C=O) groups is 2. The third-order valence-corrected chi connectivity index (χ3v) is 7.68. The van der Waals surface area contributed by atoms with Crippen LogP contribution in [-0.4, -0.2) is 129 Å². The molecule has 2 aliphatic heterocycles. The van der Waals surface area contributed by atoms with Gasteiger partial charge in [-0.2, -0.15) is 0 Å². The topological polar surface area (TPSA) is 222 Å². The molecule has 42 heavy (non-hydrogen) atoms. The first-order chi connectivity index (χ1) is 20.1. The van der Waals surface area contributed by atoms with Gasteiger partial charge in [0.15, 0.2) is 24.1 Å². The monoisotopic (exact) mass is 592 g/mol. The quantitative estimate of drug-likeness (QED) is 0.145. The number of aliphatic hydroxyl groups is 7. The van der Waals surface area contributed by atoms with Crippen LogP contribution in [0.2, 0.25) is 0 Å². The lowest BCUT2D eigenvalue weighted by Gasteiger charge is -2.42. The summed E-state index contributed by atoms with van der Waals surface area (Å²) in [5.41, 5.74) is 1.08. The van der Waals surface area contributed by atoms with Gasteiger partial charge in [-0.05, 0) is 6.07 Å². The van der Waals surface area contributed by atoms with E-state index in [2.05, 4.69) is 0 Å². The van der Waals surface area contributed by atoms with Crippen LogP contribution in [0.3, 0.4) is 0 Å². The van der Waals surface area contributed by atoms with Gasteiger partial charge in [0.05, 0.1) is 32.5 Å². The number of ether oxygens (including phenoxy) is 5. The van der Waals surface area contributed by atoms with E-state index in [1.165, 1.54) is 19.2 Å². The lowest BCUT2D eigenvalue weighted by molar-refractivity contribution is -0.332. The van der Waals surface area contributed by atoms with Crippen LogP contribution in [0.15, 0.2) is 36.4 Å². The van der Waals surface area contributed by atoms with Crippen molar-refractivity contribution in [1.29, 1.82) is 0 Å². The lowest BCUT2D eigenvalue weighted by atomic mass is 9.82. The van der Waals surface area contributed by atoms with Crippen LogP contribution in [0.5, 0.6) is 5.75 Å². The number of ketones is 2. The Hall–Kier alpha value is -2.86.